The lowest BCUT2D eigenvalue weighted by atomic mass is 10.1. The van der Waals surface area contributed by atoms with Crippen molar-refractivity contribution in [2.24, 2.45) is 5.92 Å². The monoisotopic (exact) mass is 174 g/mol. The summed E-state index contributed by atoms with van der Waals surface area (Å²) < 4.78 is 9.33. The predicted molar refractivity (Wildman–Crippen MR) is 37.5 cm³/mol. The van der Waals surface area contributed by atoms with Crippen LogP contribution in [0.5, 0.6) is 0 Å². The Labute approximate surface area is 69.3 Å². The van der Waals surface area contributed by atoms with Crippen molar-refractivity contribution < 1.29 is 24.2 Å². The second-order valence-corrected chi connectivity index (χ2v) is 2.62. The molecule has 0 amide bonds. The lowest BCUT2D eigenvalue weighted by Crippen LogP contribution is -2.21. The summed E-state index contributed by atoms with van der Waals surface area (Å²) in [4.78, 5) is 21.3. The van der Waals surface area contributed by atoms with Crippen molar-refractivity contribution in [2.45, 2.75) is 12.5 Å². The Morgan fingerprint density at radius 3 is 2.67 bits per heavy atom. The van der Waals surface area contributed by atoms with Crippen LogP contribution in [-0.2, 0) is 19.1 Å². The molecule has 0 radical (unpaired) electrons. The van der Waals surface area contributed by atoms with Gasteiger partial charge in [0.1, 0.15) is 0 Å². The predicted octanol–water partition coefficient (Wildman–Crippen LogP) is -0.351. The summed E-state index contributed by atoms with van der Waals surface area (Å²) in [7, 11) is 1.25. The molecule has 0 bridgehead atoms. The Morgan fingerprint density at radius 2 is 2.25 bits per heavy atom. The minimum atomic E-state index is -0.929. The normalized spacial score (nSPS) is 28.4. The maximum atomic E-state index is 10.8. The molecule has 5 nitrogen and oxygen atoms in total. The van der Waals surface area contributed by atoms with Gasteiger partial charge in [-0.1, -0.05) is 0 Å². The first-order chi connectivity index (χ1) is 5.65. The van der Waals surface area contributed by atoms with Gasteiger partial charge in [0.2, 0.25) is 0 Å². The molecule has 1 aliphatic heterocycles. The van der Waals surface area contributed by atoms with Crippen molar-refractivity contribution in [1.29, 1.82) is 0 Å². The van der Waals surface area contributed by atoms with Gasteiger partial charge in [-0.3, -0.25) is 4.79 Å². The van der Waals surface area contributed by atoms with Crippen LogP contribution in [0.25, 0.3) is 0 Å². The van der Waals surface area contributed by atoms with Crippen LogP contribution in [0.4, 0.5) is 0 Å². The molecule has 1 fully saturated rings. The van der Waals surface area contributed by atoms with Crippen molar-refractivity contribution in [3.63, 3.8) is 0 Å². The van der Waals surface area contributed by atoms with Crippen LogP contribution in [0.2, 0.25) is 0 Å². The highest BCUT2D eigenvalue weighted by Gasteiger charge is 2.35. The van der Waals surface area contributed by atoms with E-state index in [4.69, 9.17) is 9.84 Å². The Hall–Kier alpha value is -1.10. The maximum absolute atomic E-state index is 10.8. The molecule has 1 heterocycles. The SMILES string of the molecule is COC(=O)[C@H]1C[C@H](C(=O)O)CO1. The molecule has 0 saturated carbocycles. The topological polar surface area (TPSA) is 72.8 Å². The molecule has 0 spiro atoms. The van der Waals surface area contributed by atoms with Crippen LogP contribution in [0.1, 0.15) is 6.42 Å². The van der Waals surface area contributed by atoms with Gasteiger partial charge in [0.15, 0.2) is 6.10 Å². The first kappa shape index (κ1) is 8.99. The van der Waals surface area contributed by atoms with E-state index in [9.17, 15) is 9.59 Å². The summed E-state index contributed by atoms with van der Waals surface area (Å²) in [5, 5.41) is 8.55. The van der Waals surface area contributed by atoms with Gasteiger partial charge in [0, 0.05) is 0 Å². The van der Waals surface area contributed by atoms with E-state index >= 15 is 0 Å². The first-order valence-corrected chi connectivity index (χ1v) is 3.57. The van der Waals surface area contributed by atoms with Gasteiger partial charge in [-0.25, -0.2) is 4.79 Å². The van der Waals surface area contributed by atoms with Crippen LogP contribution in [0, 0.1) is 5.92 Å². The van der Waals surface area contributed by atoms with Crippen LogP contribution in [-0.4, -0.2) is 36.9 Å². The summed E-state index contributed by atoms with van der Waals surface area (Å²) in [5.41, 5.74) is 0. The summed E-state index contributed by atoms with van der Waals surface area (Å²) in [6.45, 7) is 0.0924. The minimum absolute atomic E-state index is 0.0924. The minimum Gasteiger partial charge on any atom is -0.481 e. The smallest absolute Gasteiger partial charge is 0.334 e. The zero-order chi connectivity index (χ0) is 9.14. The molecule has 1 saturated heterocycles. The maximum Gasteiger partial charge on any atom is 0.334 e. The van der Waals surface area contributed by atoms with Gasteiger partial charge < -0.3 is 14.6 Å². The molecular weight excluding hydrogens is 164 g/mol. The van der Waals surface area contributed by atoms with Crippen molar-refractivity contribution >= 4 is 11.9 Å². The molecule has 0 aromatic heterocycles. The summed E-state index contributed by atoms with van der Waals surface area (Å²) in [6.07, 6.45) is -0.488. The largest absolute Gasteiger partial charge is 0.481 e. The average molecular weight is 174 g/mol. The molecule has 68 valence electrons. The zero-order valence-electron chi connectivity index (χ0n) is 6.65. The van der Waals surface area contributed by atoms with Crippen LogP contribution in [0.3, 0.4) is 0 Å². The van der Waals surface area contributed by atoms with E-state index in [1.54, 1.807) is 0 Å². The second kappa shape index (κ2) is 3.53. The highest BCUT2D eigenvalue weighted by atomic mass is 16.6. The lowest BCUT2D eigenvalue weighted by molar-refractivity contribution is -0.151. The first-order valence-electron chi connectivity index (χ1n) is 3.57. The van der Waals surface area contributed by atoms with E-state index in [0.29, 0.717) is 0 Å². The Kier molecular flexibility index (Phi) is 2.65. The third kappa shape index (κ3) is 1.73. The molecule has 1 N–H and O–H groups in total. The van der Waals surface area contributed by atoms with E-state index < -0.39 is 24.0 Å². The van der Waals surface area contributed by atoms with Crippen molar-refractivity contribution in [3.8, 4) is 0 Å². The van der Waals surface area contributed by atoms with Crippen LogP contribution < -0.4 is 0 Å². The summed E-state index contributed by atoms with van der Waals surface area (Å²) >= 11 is 0. The lowest BCUT2D eigenvalue weighted by Gasteiger charge is -2.04. The number of hydrogen-bond acceptors (Lipinski definition) is 4. The van der Waals surface area contributed by atoms with Crippen LogP contribution >= 0.6 is 0 Å². The van der Waals surface area contributed by atoms with E-state index in [0.717, 1.165) is 0 Å². The van der Waals surface area contributed by atoms with E-state index in [-0.39, 0.29) is 13.0 Å². The highest BCUT2D eigenvalue weighted by Crippen LogP contribution is 2.20. The van der Waals surface area contributed by atoms with Gasteiger partial charge in [-0.05, 0) is 6.42 Å². The van der Waals surface area contributed by atoms with E-state index in [1.165, 1.54) is 7.11 Å². The zero-order valence-corrected chi connectivity index (χ0v) is 6.65. The van der Waals surface area contributed by atoms with E-state index in [2.05, 4.69) is 4.74 Å². The number of carboxylic acid groups (broad SMARTS) is 1. The number of rotatable bonds is 2. The molecule has 1 aliphatic rings. The average Bonchev–Trinajstić information content (AvgIpc) is 2.51. The number of hydrogen-bond donors (Lipinski definition) is 1. The fraction of sp³-hybridized carbons (Fsp3) is 0.714. The van der Waals surface area contributed by atoms with Crippen LogP contribution in [0.15, 0.2) is 0 Å². The third-order valence-electron chi connectivity index (χ3n) is 1.81. The van der Waals surface area contributed by atoms with Gasteiger partial charge in [-0.15, -0.1) is 0 Å². The third-order valence-corrected chi connectivity index (χ3v) is 1.81. The second-order valence-electron chi connectivity index (χ2n) is 2.62. The fourth-order valence-corrected chi connectivity index (χ4v) is 1.09. The highest BCUT2D eigenvalue weighted by molar-refractivity contribution is 5.77. The molecule has 0 unspecified atom stereocenters. The molecule has 5 heteroatoms. The molecular formula is C7H10O5. The molecule has 12 heavy (non-hydrogen) atoms. The van der Waals surface area contributed by atoms with Gasteiger partial charge in [-0.2, -0.15) is 0 Å². The van der Waals surface area contributed by atoms with Crippen molar-refractivity contribution in [3.05, 3.63) is 0 Å². The summed E-state index contributed by atoms with van der Waals surface area (Å²) in [6, 6.07) is 0. The molecule has 0 aliphatic carbocycles. The number of carbonyl (C=O) groups excluding carboxylic acids is 1. The fourth-order valence-electron chi connectivity index (χ4n) is 1.09. The molecule has 1 rings (SSSR count). The van der Waals surface area contributed by atoms with Gasteiger partial charge in [0.05, 0.1) is 19.6 Å². The van der Waals surface area contributed by atoms with Gasteiger partial charge in [0.25, 0.3) is 0 Å². The van der Waals surface area contributed by atoms with Crippen molar-refractivity contribution in [1.82, 2.24) is 0 Å². The molecule has 0 aromatic carbocycles. The number of carboxylic acids is 1. The Bertz CT molecular complexity index is 200. The van der Waals surface area contributed by atoms with E-state index in [1.807, 2.05) is 0 Å². The number of ether oxygens (including phenoxy) is 2. The standard InChI is InChI=1S/C7H10O5/c1-11-7(10)5-2-4(3-12-5)6(8)9/h4-5H,2-3H2,1H3,(H,8,9)/t4-,5+/m0/s1. The molecule has 0 aromatic rings. The quantitative estimate of drug-likeness (QED) is 0.579. The Balaban J connectivity index is 2.45. The number of esters is 1. The van der Waals surface area contributed by atoms with Crippen molar-refractivity contribution in [2.75, 3.05) is 13.7 Å². The summed E-state index contributed by atoms with van der Waals surface area (Å²) in [5.74, 6) is -2.01. The number of aliphatic carboxylic acids is 1. The Morgan fingerprint density at radius 1 is 1.58 bits per heavy atom. The van der Waals surface area contributed by atoms with Gasteiger partial charge >= 0.3 is 11.9 Å². The number of carbonyl (C=O) groups is 2. The molecule has 2 atom stereocenters. The number of methoxy groups -OCH3 is 1.